The second-order valence-corrected chi connectivity index (χ2v) is 4.23. The zero-order valence-corrected chi connectivity index (χ0v) is 9.59. The second-order valence-electron chi connectivity index (χ2n) is 4.23. The molecule has 0 spiro atoms. The van der Waals surface area contributed by atoms with E-state index < -0.39 is 0 Å². The van der Waals surface area contributed by atoms with Crippen LogP contribution < -0.4 is 0 Å². The molecule has 85 valence electrons. The number of pyridine rings is 1. The lowest BCUT2D eigenvalue weighted by atomic mass is 10.2. The number of benzene rings is 1. The first-order chi connectivity index (χ1) is 8.93. The van der Waals surface area contributed by atoms with E-state index in [-0.39, 0.29) is 0 Å². The number of hydrogen-bond donors (Lipinski definition) is 1. The Morgan fingerprint density at radius 2 is 2.06 bits per heavy atom. The van der Waals surface area contributed by atoms with E-state index in [9.17, 15) is 0 Å². The third-order valence-corrected chi connectivity index (χ3v) is 3.20. The molecule has 0 aliphatic heterocycles. The Bertz CT molecular complexity index is 767. The maximum Gasteiger partial charge on any atom is 0.139 e. The fraction of sp³-hybridized carbons (Fsp3) is 0. The van der Waals surface area contributed by atoms with Crippen molar-refractivity contribution in [1.82, 2.24) is 14.5 Å². The minimum absolute atomic E-state index is 0.908. The molecule has 0 aliphatic rings. The molecule has 0 aliphatic carbocycles. The van der Waals surface area contributed by atoms with E-state index in [1.807, 2.05) is 30.6 Å². The Morgan fingerprint density at radius 1 is 1.11 bits per heavy atom. The molecular weight excluding hydrogens is 222 g/mol. The van der Waals surface area contributed by atoms with E-state index in [1.165, 1.54) is 0 Å². The van der Waals surface area contributed by atoms with Crippen LogP contribution in [-0.4, -0.2) is 14.5 Å². The summed E-state index contributed by atoms with van der Waals surface area (Å²) in [5, 5.41) is 2.24. The average molecular weight is 232 g/mol. The molecular formula is C15H10N3. The lowest BCUT2D eigenvalue weighted by molar-refractivity contribution is 1.14. The molecule has 3 nitrogen and oxygen atoms in total. The number of nitrogens with one attached hydrogen (secondary N) is 1. The first-order valence-electron chi connectivity index (χ1n) is 5.84. The van der Waals surface area contributed by atoms with Crippen LogP contribution >= 0.6 is 0 Å². The maximum absolute atomic E-state index is 4.31. The van der Waals surface area contributed by atoms with Gasteiger partial charge >= 0.3 is 0 Å². The Balaban J connectivity index is 2.08. The highest BCUT2D eigenvalue weighted by atomic mass is 15.0. The van der Waals surface area contributed by atoms with Gasteiger partial charge in [-0.2, -0.15) is 0 Å². The monoisotopic (exact) mass is 232 g/mol. The van der Waals surface area contributed by atoms with Crippen LogP contribution in [-0.2, 0) is 0 Å². The number of fused-ring (bicyclic) bond motifs is 2. The summed E-state index contributed by atoms with van der Waals surface area (Å²) in [6, 6.07) is 15.5. The molecule has 4 aromatic rings. The molecule has 0 saturated carbocycles. The lowest BCUT2D eigenvalue weighted by Gasteiger charge is -2.02. The molecule has 0 amide bonds. The molecule has 0 atom stereocenters. The Morgan fingerprint density at radius 3 is 3.06 bits per heavy atom. The standard InChI is InChI=1S/C15H10N3/c1-2-6-13-11(4-1)7-9-18(13)14-10-17-15-12(14)5-3-8-16-15/h1-6,8-10H,(H,16,17). The van der Waals surface area contributed by atoms with Crippen LogP contribution in [0.1, 0.15) is 0 Å². The van der Waals surface area contributed by atoms with Gasteiger partial charge in [0.15, 0.2) is 0 Å². The van der Waals surface area contributed by atoms with E-state index >= 15 is 0 Å². The van der Waals surface area contributed by atoms with Gasteiger partial charge in [0.25, 0.3) is 0 Å². The van der Waals surface area contributed by atoms with Gasteiger partial charge in [-0.3, -0.25) is 0 Å². The van der Waals surface area contributed by atoms with Crippen LogP contribution in [0.4, 0.5) is 0 Å². The van der Waals surface area contributed by atoms with Gasteiger partial charge in [-0.05, 0) is 18.2 Å². The number of nitrogens with zero attached hydrogens (tertiary/aromatic N) is 2. The van der Waals surface area contributed by atoms with Gasteiger partial charge in [-0.15, -0.1) is 0 Å². The van der Waals surface area contributed by atoms with Crippen LogP contribution in [0.3, 0.4) is 0 Å². The predicted molar refractivity (Wildman–Crippen MR) is 71.8 cm³/mol. The molecule has 1 N–H and O–H groups in total. The molecule has 18 heavy (non-hydrogen) atoms. The number of aromatic amines is 1. The largest absolute Gasteiger partial charge is 0.344 e. The second kappa shape index (κ2) is 3.47. The average Bonchev–Trinajstić information content (AvgIpc) is 3.01. The Kier molecular flexibility index (Phi) is 1.83. The van der Waals surface area contributed by atoms with Gasteiger partial charge in [0.05, 0.1) is 11.2 Å². The zero-order valence-electron chi connectivity index (χ0n) is 9.59. The fourth-order valence-corrected chi connectivity index (χ4v) is 2.35. The molecule has 0 fully saturated rings. The smallest absolute Gasteiger partial charge is 0.139 e. The third-order valence-electron chi connectivity index (χ3n) is 3.20. The Labute approximate surface area is 104 Å². The number of H-pyrrole nitrogens is 1. The van der Waals surface area contributed by atoms with Crippen molar-refractivity contribution in [2.24, 2.45) is 0 Å². The molecule has 3 aromatic heterocycles. The molecule has 0 bridgehead atoms. The van der Waals surface area contributed by atoms with Crippen molar-refractivity contribution < 1.29 is 0 Å². The maximum atomic E-state index is 4.31. The van der Waals surface area contributed by atoms with Gasteiger partial charge < -0.3 is 9.55 Å². The summed E-state index contributed by atoms with van der Waals surface area (Å²) in [4.78, 5) is 7.51. The van der Waals surface area contributed by atoms with Gasteiger partial charge in [0, 0.05) is 35.4 Å². The van der Waals surface area contributed by atoms with E-state index in [0.717, 1.165) is 27.6 Å². The predicted octanol–water partition coefficient (Wildman–Crippen LogP) is 3.31. The summed E-state index contributed by atoms with van der Waals surface area (Å²) in [6.07, 6.45) is 5.75. The van der Waals surface area contributed by atoms with Crippen LogP contribution in [0.15, 0.2) is 55.0 Å². The summed E-state index contributed by atoms with van der Waals surface area (Å²) in [7, 11) is 0. The fourth-order valence-electron chi connectivity index (χ4n) is 2.35. The first-order valence-corrected chi connectivity index (χ1v) is 5.84. The zero-order chi connectivity index (χ0) is 11.9. The molecule has 3 heteroatoms. The number of hydrogen-bond acceptors (Lipinski definition) is 1. The molecule has 1 aromatic carbocycles. The topological polar surface area (TPSA) is 33.6 Å². The highest BCUT2D eigenvalue weighted by Gasteiger charge is 2.08. The SMILES string of the molecule is [c]1cn(-c2c[nH]c3ncccc23)c2ccccc12. The van der Waals surface area contributed by atoms with Gasteiger partial charge in [-0.1, -0.05) is 18.2 Å². The van der Waals surface area contributed by atoms with E-state index in [2.05, 4.69) is 38.8 Å². The van der Waals surface area contributed by atoms with Crippen LogP contribution in [0.5, 0.6) is 0 Å². The summed E-state index contributed by atoms with van der Waals surface area (Å²) in [5.41, 5.74) is 3.17. The molecule has 1 radical (unpaired) electrons. The number of para-hydroxylation sites is 1. The quantitative estimate of drug-likeness (QED) is 0.536. The van der Waals surface area contributed by atoms with Crippen molar-refractivity contribution >= 4 is 21.9 Å². The van der Waals surface area contributed by atoms with Crippen molar-refractivity contribution in [2.45, 2.75) is 0 Å². The summed E-state index contributed by atoms with van der Waals surface area (Å²) in [6.45, 7) is 0. The van der Waals surface area contributed by atoms with Crippen LogP contribution in [0.2, 0.25) is 0 Å². The summed E-state index contributed by atoms with van der Waals surface area (Å²) in [5.74, 6) is 0. The van der Waals surface area contributed by atoms with Crippen LogP contribution in [0, 0.1) is 6.07 Å². The number of rotatable bonds is 1. The van der Waals surface area contributed by atoms with E-state index in [0.29, 0.717) is 0 Å². The van der Waals surface area contributed by atoms with Crippen molar-refractivity contribution in [2.75, 3.05) is 0 Å². The first kappa shape index (κ1) is 9.48. The van der Waals surface area contributed by atoms with E-state index in [4.69, 9.17) is 0 Å². The van der Waals surface area contributed by atoms with Gasteiger partial charge in [0.2, 0.25) is 0 Å². The van der Waals surface area contributed by atoms with Crippen molar-refractivity contribution in [3.8, 4) is 5.69 Å². The highest BCUT2D eigenvalue weighted by Crippen LogP contribution is 2.25. The minimum atomic E-state index is 0.908. The van der Waals surface area contributed by atoms with Gasteiger partial charge in [-0.25, -0.2) is 4.98 Å². The Hall–Kier alpha value is -2.55. The van der Waals surface area contributed by atoms with Gasteiger partial charge in [0.1, 0.15) is 5.65 Å². The lowest BCUT2D eigenvalue weighted by Crippen LogP contribution is -1.89. The van der Waals surface area contributed by atoms with Crippen molar-refractivity contribution in [1.29, 1.82) is 0 Å². The summed E-state index contributed by atoms with van der Waals surface area (Å²) >= 11 is 0. The molecule has 4 rings (SSSR count). The minimum Gasteiger partial charge on any atom is -0.344 e. The highest BCUT2D eigenvalue weighted by molar-refractivity contribution is 5.89. The third kappa shape index (κ3) is 1.21. The van der Waals surface area contributed by atoms with Crippen molar-refractivity contribution in [3.05, 3.63) is 61.1 Å². The molecule has 0 saturated heterocycles. The van der Waals surface area contributed by atoms with Crippen LogP contribution in [0.25, 0.3) is 27.6 Å². The summed E-state index contributed by atoms with van der Waals surface area (Å²) < 4.78 is 2.13. The number of aromatic nitrogens is 3. The molecule has 0 unspecified atom stereocenters. The van der Waals surface area contributed by atoms with Crippen molar-refractivity contribution in [3.63, 3.8) is 0 Å². The van der Waals surface area contributed by atoms with E-state index in [1.54, 1.807) is 6.20 Å². The normalized spacial score (nSPS) is 11.3. The molecule has 3 heterocycles.